The molecule has 378 valence electrons. The summed E-state index contributed by atoms with van der Waals surface area (Å²) in [5.74, 6) is 3.76. The van der Waals surface area contributed by atoms with E-state index in [4.69, 9.17) is 18.9 Å². The molecule has 0 saturated carbocycles. The molecule has 74 heavy (non-hydrogen) atoms. The lowest BCUT2D eigenvalue weighted by Gasteiger charge is -2.27. The van der Waals surface area contributed by atoms with Crippen LogP contribution in [0.15, 0.2) is 167 Å². The number of hydrogen-bond donors (Lipinski definition) is 0. The molecule has 2 amide bonds. The number of amides is 2. The molecule has 0 spiro atoms. The number of fused-ring (bicyclic) bond motifs is 2. The first-order chi connectivity index (χ1) is 35.4. The highest BCUT2D eigenvalue weighted by Gasteiger charge is 2.27. The van der Waals surface area contributed by atoms with Gasteiger partial charge in [0, 0.05) is 46.0 Å². The van der Waals surface area contributed by atoms with E-state index in [-0.39, 0.29) is 22.6 Å². The maximum atomic E-state index is 13.7. The quantitative estimate of drug-likeness (QED) is 0.112. The van der Waals surface area contributed by atoms with Crippen molar-refractivity contribution in [1.82, 2.24) is 15.0 Å². The second kappa shape index (κ2) is 22.6. The molecule has 0 aliphatic rings. The molecule has 0 radical (unpaired) electrons. The van der Waals surface area contributed by atoms with Gasteiger partial charge in [-0.25, -0.2) is 15.0 Å². The van der Waals surface area contributed by atoms with E-state index in [0.29, 0.717) is 43.5 Å². The van der Waals surface area contributed by atoms with E-state index in [1.54, 1.807) is 39.1 Å². The molecule has 11 heteroatoms. The monoisotopic (exact) mass is 1050 g/mol. The molecular formula is C63H64BrN5O5. The van der Waals surface area contributed by atoms with Crippen molar-refractivity contribution in [2.45, 2.75) is 81.3 Å². The lowest BCUT2D eigenvalue weighted by Crippen LogP contribution is -2.34. The van der Waals surface area contributed by atoms with Crippen LogP contribution >= 0.6 is 15.9 Å². The Morgan fingerprint density at radius 2 is 0.946 bits per heavy atom. The molecule has 0 aliphatic heterocycles. The van der Waals surface area contributed by atoms with Gasteiger partial charge in [-0.15, -0.1) is 0 Å². The SMILES string of the molecule is COc1ccc(-c2ccc(CN(C(=O)CC(C)(C)C)c3nccc4cc(-c5ncco5)ccc34)cc2)cc1C.COc1ccc(-c2ccc(CN(C(=O)CC(C)(C)C)c3nccc4cc(Br)ccc34)cc2)cc1C. The van der Waals surface area contributed by atoms with Gasteiger partial charge in [-0.05, 0) is 153 Å². The highest BCUT2D eigenvalue weighted by Crippen LogP contribution is 2.35. The van der Waals surface area contributed by atoms with Gasteiger partial charge < -0.3 is 13.9 Å². The lowest BCUT2D eigenvalue weighted by atomic mass is 9.91. The number of oxazole rings is 1. The summed E-state index contributed by atoms with van der Waals surface area (Å²) in [7, 11) is 3.37. The van der Waals surface area contributed by atoms with E-state index in [1.165, 1.54) is 0 Å². The molecule has 0 N–H and O–H groups in total. The number of benzene rings is 6. The molecule has 6 aromatic carbocycles. The van der Waals surface area contributed by atoms with Crippen LogP contribution in [0.3, 0.4) is 0 Å². The summed E-state index contributed by atoms with van der Waals surface area (Å²) in [6.45, 7) is 17.5. The normalized spacial score (nSPS) is 11.5. The van der Waals surface area contributed by atoms with Gasteiger partial charge in [0.15, 0.2) is 0 Å². The molecule has 9 aromatic rings. The first-order valence-electron chi connectivity index (χ1n) is 24.8. The fraction of sp³-hybridized carbons (Fsp3) is 0.254. The van der Waals surface area contributed by atoms with Gasteiger partial charge >= 0.3 is 0 Å². The van der Waals surface area contributed by atoms with Crippen LogP contribution in [0.1, 0.15) is 76.6 Å². The predicted molar refractivity (Wildman–Crippen MR) is 304 cm³/mol. The first-order valence-corrected chi connectivity index (χ1v) is 25.6. The number of aryl methyl sites for hydroxylation is 2. The summed E-state index contributed by atoms with van der Waals surface area (Å²) in [5, 5.41) is 3.88. The second-order valence-corrected chi connectivity index (χ2v) is 22.0. The predicted octanol–water partition coefficient (Wildman–Crippen LogP) is 15.8. The van der Waals surface area contributed by atoms with Crippen LogP contribution in [-0.2, 0) is 22.7 Å². The maximum absolute atomic E-state index is 13.7. The third-order valence-corrected chi connectivity index (χ3v) is 13.1. The van der Waals surface area contributed by atoms with Crippen LogP contribution in [0.2, 0.25) is 0 Å². The van der Waals surface area contributed by atoms with Crippen LogP contribution in [-0.4, -0.2) is 41.0 Å². The Morgan fingerprint density at radius 3 is 1.36 bits per heavy atom. The fourth-order valence-corrected chi connectivity index (χ4v) is 9.35. The zero-order chi connectivity index (χ0) is 52.7. The summed E-state index contributed by atoms with van der Waals surface area (Å²) < 4.78 is 17.3. The summed E-state index contributed by atoms with van der Waals surface area (Å²) >= 11 is 3.55. The number of hydrogen-bond acceptors (Lipinski definition) is 8. The Hall–Kier alpha value is -7.63. The van der Waals surface area contributed by atoms with E-state index in [9.17, 15) is 9.59 Å². The molecule has 9 rings (SSSR count). The minimum Gasteiger partial charge on any atom is -0.496 e. The van der Waals surface area contributed by atoms with Crippen molar-refractivity contribution in [3.63, 3.8) is 0 Å². The highest BCUT2D eigenvalue weighted by atomic mass is 79.9. The van der Waals surface area contributed by atoms with Gasteiger partial charge in [0.1, 0.15) is 29.4 Å². The Morgan fingerprint density at radius 1 is 0.514 bits per heavy atom. The van der Waals surface area contributed by atoms with E-state index >= 15 is 0 Å². The fourth-order valence-electron chi connectivity index (χ4n) is 8.97. The molecule has 3 heterocycles. The van der Waals surface area contributed by atoms with Crippen LogP contribution in [0, 0.1) is 24.7 Å². The third kappa shape index (κ3) is 12.9. The molecule has 0 unspecified atom stereocenters. The lowest BCUT2D eigenvalue weighted by molar-refractivity contribution is -0.121. The average molecular weight is 1050 g/mol. The van der Waals surface area contributed by atoms with E-state index < -0.39 is 0 Å². The number of halogens is 1. The number of methoxy groups -OCH3 is 2. The summed E-state index contributed by atoms with van der Waals surface area (Å²) in [5.41, 5.74) is 9.36. The molecular weight excluding hydrogens is 987 g/mol. The Labute approximate surface area is 443 Å². The van der Waals surface area contributed by atoms with Crippen molar-refractivity contribution in [2.75, 3.05) is 24.0 Å². The molecule has 0 fully saturated rings. The summed E-state index contributed by atoms with van der Waals surface area (Å²) in [4.78, 5) is 44.5. The standard InChI is InChI=1S/C33H33N3O3.C30H31BrN2O2/c1-22-18-25(11-13-29(22)38-5)24-8-6-23(7-9-24)21-36(30(37)20-33(2,3)4)31-28-12-10-27(32-35-16-17-39-32)19-26(28)14-15-34-31;1-20-16-23(10-13-27(20)35-5)22-8-6-21(7-9-22)19-33(28(34)18-30(2,3)4)29-26-12-11-25(31)17-24(26)14-15-32-29/h6-19H,20-21H2,1-5H3;6-17H,18-19H2,1-5H3. The Balaban J connectivity index is 0.000000198. The Kier molecular flexibility index (Phi) is 16.1. The van der Waals surface area contributed by atoms with E-state index in [1.807, 2.05) is 78.2 Å². The van der Waals surface area contributed by atoms with Crippen LogP contribution in [0.25, 0.3) is 55.3 Å². The molecule has 3 aromatic heterocycles. The number of pyridine rings is 2. The number of nitrogens with zero attached hydrogens (tertiary/aromatic N) is 5. The molecule has 0 saturated heterocycles. The van der Waals surface area contributed by atoms with Gasteiger partial charge in [-0.1, -0.05) is 118 Å². The van der Waals surface area contributed by atoms with Crippen molar-refractivity contribution in [3.05, 3.63) is 185 Å². The van der Waals surface area contributed by atoms with Gasteiger partial charge in [-0.3, -0.25) is 19.4 Å². The van der Waals surface area contributed by atoms with E-state index in [2.05, 4.69) is 146 Å². The van der Waals surface area contributed by atoms with Crippen LogP contribution in [0.5, 0.6) is 11.5 Å². The largest absolute Gasteiger partial charge is 0.496 e. The number of ether oxygens (including phenoxy) is 2. The molecule has 0 aliphatic carbocycles. The van der Waals surface area contributed by atoms with Crippen LogP contribution < -0.4 is 19.3 Å². The van der Waals surface area contributed by atoms with Crippen molar-refractivity contribution in [3.8, 4) is 45.2 Å². The third-order valence-electron chi connectivity index (χ3n) is 12.7. The minimum atomic E-state index is -0.159. The minimum absolute atomic E-state index is 0.0362. The molecule has 10 nitrogen and oxygen atoms in total. The second-order valence-electron chi connectivity index (χ2n) is 21.1. The van der Waals surface area contributed by atoms with Gasteiger partial charge in [0.05, 0.1) is 33.5 Å². The average Bonchev–Trinajstić information content (AvgIpc) is 3.92. The van der Waals surface area contributed by atoms with Gasteiger partial charge in [0.2, 0.25) is 17.7 Å². The van der Waals surface area contributed by atoms with Crippen molar-refractivity contribution in [2.24, 2.45) is 10.8 Å². The first kappa shape index (κ1) is 52.7. The summed E-state index contributed by atoms with van der Waals surface area (Å²) in [6, 6.07) is 45.1. The van der Waals surface area contributed by atoms with Crippen molar-refractivity contribution < 1.29 is 23.5 Å². The number of carbonyl (C=O) groups is 2. The zero-order valence-electron chi connectivity index (χ0n) is 44.0. The number of carbonyl (C=O) groups excluding carboxylic acids is 2. The number of rotatable bonds is 13. The topological polar surface area (TPSA) is 111 Å². The number of anilines is 2. The number of aromatic nitrogens is 3. The van der Waals surface area contributed by atoms with Gasteiger partial charge in [0.25, 0.3) is 0 Å². The van der Waals surface area contributed by atoms with Crippen molar-refractivity contribution >= 4 is 60.9 Å². The van der Waals surface area contributed by atoms with Crippen LogP contribution in [0.4, 0.5) is 11.6 Å². The maximum Gasteiger partial charge on any atom is 0.229 e. The Bertz CT molecular complexity index is 3410. The van der Waals surface area contributed by atoms with Crippen molar-refractivity contribution in [1.29, 1.82) is 0 Å². The molecule has 0 bridgehead atoms. The smallest absolute Gasteiger partial charge is 0.229 e. The molecule has 0 atom stereocenters. The zero-order valence-corrected chi connectivity index (χ0v) is 45.6. The van der Waals surface area contributed by atoms with Gasteiger partial charge in [-0.2, -0.15) is 0 Å². The van der Waals surface area contributed by atoms with E-state index in [0.717, 1.165) is 87.6 Å². The highest BCUT2D eigenvalue weighted by molar-refractivity contribution is 9.10. The summed E-state index contributed by atoms with van der Waals surface area (Å²) in [6.07, 6.45) is 7.56.